The van der Waals surface area contributed by atoms with Crippen LogP contribution in [0.1, 0.15) is 16.7 Å². The van der Waals surface area contributed by atoms with E-state index in [1.165, 1.54) is 0 Å². The Hall–Kier alpha value is -3.73. The van der Waals surface area contributed by atoms with Gasteiger partial charge in [0, 0.05) is 16.8 Å². The molecule has 8 heteroatoms. The molecule has 0 aliphatic carbocycles. The minimum atomic E-state index is 0.0990. The van der Waals surface area contributed by atoms with E-state index in [2.05, 4.69) is 21.4 Å². The highest BCUT2D eigenvalue weighted by Gasteiger charge is 2.14. The molecule has 1 aromatic heterocycles. The van der Waals surface area contributed by atoms with E-state index in [0.717, 1.165) is 11.1 Å². The fraction of sp³-hybridized carbons (Fsp3) is 0.105. The molecule has 5 N–H and O–H groups in total. The summed E-state index contributed by atoms with van der Waals surface area (Å²) in [6.45, 7) is 3.77. The van der Waals surface area contributed by atoms with Crippen LogP contribution >= 0.6 is 0 Å². The number of aryl methyl sites for hydroxylation is 2. The van der Waals surface area contributed by atoms with Gasteiger partial charge in [0.05, 0.1) is 11.6 Å². The molecule has 0 saturated heterocycles. The maximum Gasteiger partial charge on any atom is 0.232 e. The highest BCUT2D eigenvalue weighted by Crippen LogP contribution is 2.30. The summed E-state index contributed by atoms with van der Waals surface area (Å²) in [5, 5.41) is 11.9. The Morgan fingerprint density at radius 1 is 1.07 bits per heavy atom. The van der Waals surface area contributed by atoms with Crippen molar-refractivity contribution >= 4 is 36.5 Å². The summed E-state index contributed by atoms with van der Waals surface area (Å²) in [7, 11) is 6.00. The monoisotopic (exact) mass is 356 g/mol. The Balaban J connectivity index is 1.93. The number of benzene rings is 2. The van der Waals surface area contributed by atoms with Crippen LogP contribution in [0.15, 0.2) is 36.4 Å². The van der Waals surface area contributed by atoms with Crippen LogP contribution < -0.4 is 27.0 Å². The summed E-state index contributed by atoms with van der Waals surface area (Å²) < 4.78 is 5.93. The van der Waals surface area contributed by atoms with Crippen molar-refractivity contribution < 1.29 is 4.74 Å². The van der Waals surface area contributed by atoms with Gasteiger partial charge in [-0.3, -0.25) is 0 Å². The standard InChI is InChI=1S/C19H17BN6O/c1-10-7-13(22)8-11(2)16(10)27-18-15(20)17(23)25-19(26-18)24-14-5-3-12(9-21)4-6-14/h3-8H,22H2,1-2H3,(H3,23,24,25,26). The number of ether oxygens (including phenoxy) is 1. The van der Waals surface area contributed by atoms with Gasteiger partial charge in [0.1, 0.15) is 19.4 Å². The summed E-state index contributed by atoms with van der Waals surface area (Å²) in [5.74, 6) is 1.09. The number of nitrogens with one attached hydrogen (secondary N) is 1. The lowest BCUT2D eigenvalue weighted by molar-refractivity contribution is 0.460. The topological polar surface area (TPSA) is 123 Å². The number of nitriles is 1. The third-order valence-corrected chi connectivity index (χ3v) is 3.89. The number of anilines is 4. The van der Waals surface area contributed by atoms with Gasteiger partial charge >= 0.3 is 0 Å². The molecular formula is C19H17BN6O. The van der Waals surface area contributed by atoms with Crippen LogP contribution in [0, 0.1) is 25.2 Å². The van der Waals surface area contributed by atoms with Gasteiger partial charge in [-0.15, -0.1) is 0 Å². The van der Waals surface area contributed by atoms with E-state index >= 15 is 0 Å². The van der Waals surface area contributed by atoms with Crippen molar-refractivity contribution in [3.05, 3.63) is 53.1 Å². The summed E-state index contributed by atoms with van der Waals surface area (Å²) >= 11 is 0. The zero-order valence-electron chi connectivity index (χ0n) is 14.9. The van der Waals surface area contributed by atoms with Gasteiger partial charge in [0.15, 0.2) is 0 Å². The average molecular weight is 356 g/mol. The highest BCUT2D eigenvalue weighted by atomic mass is 16.5. The molecular weight excluding hydrogens is 339 g/mol. The first-order valence-electron chi connectivity index (χ1n) is 8.12. The lowest BCUT2D eigenvalue weighted by Crippen LogP contribution is -2.18. The summed E-state index contributed by atoms with van der Waals surface area (Å²) in [5.41, 5.74) is 15.5. The molecule has 0 aliphatic heterocycles. The molecule has 27 heavy (non-hydrogen) atoms. The van der Waals surface area contributed by atoms with Crippen molar-refractivity contribution in [3.63, 3.8) is 0 Å². The third-order valence-electron chi connectivity index (χ3n) is 3.89. The normalized spacial score (nSPS) is 10.3. The van der Waals surface area contributed by atoms with Crippen LogP contribution in [0.2, 0.25) is 0 Å². The van der Waals surface area contributed by atoms with Crippen LogP contribution in [0.4, 0.5) is 23.1 Å². The SMILES string of the molecule is [B]c1c(N)nc(Nc2ccc(C#N)cc2)nc1Oc1c(C)cc(N)cc1C. The van der Waals surface area contributed by atoms with Crippen molar-refractivity contribution in [3.8, 4) is 17.7 Å². The van der Waals surface area contributed by atoms with Crippen molar-refractivity contribution in [2.24, 2.45) is 0 Å². The fourth-order valence-corrected chi connectivity index (χ4v) is 2.60. The van der Waals surface area contributed by atoms with Gasteiger partial charge in [0.2, 0.25) is 11.8 Å². The predicted octanol–water partition coefficient (Wildman–Crippen LogP) is 2.46. The van der Waals surface area contributed by atoms with Gasteiger partial charge in [-0.05, 0) is 61.4 Å². The van der Waals surface area contributed by atoms with E-state index in [-0.39, 0.29) is 23.1 Å². The summed E-state index contributed by atoms with van der Waals surface area (Å²) in [4.78, 5) is 8.46. The van der Waals surface area contributed by atoms with E-state index in [9.17, 15) is 0 Å². The van der Waals surface area contributed by atoms with Crippen LogP contribution in [-0.4, -0.2) is 17.8 Å². The molecule has 0 unspecified atom stereocenters. The van der Waals surface area contributed by atoms with E-state index in [1.54, 1.807) is 36.4 Å². The van der Waals surface area contributed by atoms with Gasteiger partial charge in [-0.1, -0.05) is 0 Å². The first kappa shape index (κ1) is 18.1. The number of nitrogens with two attached hydrogens (primary N) is 2. The maximum atomic E-state index is 8.87. The van der Waals surface area contributed by atoms with Crippen LogP contribution in [0.5, 0.6) is 11.6 Å². The zero-order valence-corrected chi connectivity index (χ0v) is 14.9. The molecule has 1 heterocycles. The van der Waals surface area contributed by atoms with Crippen molar-refractivity contribution in [1.82, 2.24) is 9.97 Å². The Kier molecular flexibility index (Phi) is 4.86. The van der Waals surface area contributed by atoms with Crippen molar-refractivity contribution in [2.75, 3.05) is 16.8 Å². The smallest absolute Gasteiger partial charge is 0.232 e. The van der Waals surface area contributed by atoms with Gasteiger partial charge in [0.25, 0.3) is 0 Å². The molecule has 3 aromatic rings. The molecule has 2 aromatic carbocycles. The Morgan fingerprint density at radius 3 is 2.30 bits per heavy atom. The van der Waals surface area contributed by atoms with Crippen LogP contribution in [-0.2, 0) is 0 Å². The Morgan fingerprint density at radius 2 is 1.70 bits per heavy atom. The lowest BCUT2D eigenvalue weighted by Gasteiger charge is -2.16. The van der Waals surface area contributed by atoms with Gasteiger partial charge < -0.3 is 21.5 Å². The van der Waals surface area contributed by atoms with Crippen LogP contribution in [0.3, 0.4) is 0 Å². The molecule has 0 amide bonds. The second kappa shape index (κ2) is 7.26. The number of aromatic nitrogens is 2. The van der Waals surface area contributed by atoms with E-state index in [0.29, 0.717) is 22.7 Å². The molecule has 0 bridgehead atoms. The molecule has 132 valence electrons. The third kappa shape index (κ3) is 3.93. The Labute approximate surface area is 158 Å². The molecule has 7 nitrogen and oxygen atoms in total. The van der Waals surface area contributed by atoms with Crippen molar-refractivity contribution in [2.45, 2.75) is 13.8 Å². The minimum absolute atomic E-state index is 0.0990. The fourth-order valence-electron chi connectivity index (χ4n) is 2.60. The molecule has 0 atom stereocenters. The average Bonchev–Trinajstić information content (AvgIpc) is 2.62. The summed E-state index contributed by atoms with van der Waals surface area (Å²) in [6, 6.07) is 12.5. The molecule has 0 saturated carbocycles. The maximum absolute atomic E-state index is 8.87. The van der Waals surface area contributed by atoms with Gasteiger partial charge in [-0.25, -0.2) is 0 Å². The Bertz CT molecular complexity index is 1020. The quantitative estimate of drug-likeness (QED) is 0.485. The minimum Gasteiger partial charge on any atom is -0.439 e. The highest BCUT2D eigenvalue weighted by molar-refractivity contribution is 6.37. The molecule has 3 rings (SSSR count). The molecule has 0 fully saturated rings. The number of hydrogen-bond acceptors (Lipinski definition) is 7. The van der Waals surface area contributed by atoms with Gasteiger partial charge in [-0.2, -0.15) is 15.2 Å². The zero-order chi connectivity index (χ0) is 19.6. The van der Waals surface area contributed by atoms with E-state index < -0.39 is 0 Å². The number of hydrogen-bond donors (Lipinski definition) is 3. The number of nitrogen functional groups attached to an aromatic ring is 2. The lowest BCUT2D eigenvalue weighted by atomic mass is 9.98. The van der Waals surface area contributed by atoms with Crippen molar-refractivity contribution in [1.29, 1.82) is 5.26 Å². The molecule has 2 radical (unpaired) electrons. The number of rotatable bonds is 4. The summed E-state index contributed by atoms with van der Waals surface area (Å²) in [6.07, 6.45) is 0. The second-order valence-corrected chi connectivity index (χ2v) is 6.05. The van der Waals surface area contributed by atoms with E-state index in [1.807, 2.05) is 13.8 Å². The van der Waals surface area contributed by atoms with Crippen LogP contribution in [0.25, 0.3) is 0 Å². The van der Waals surface area contributed by atoms with E-state index in [4.69, 9.17) is 29.3 Å². The first-order valence-corrected chi connectivity index (χ1v) is 8.12. The number of nitrogens with zero attached hydrogens (tertiary/aromatic N) is 3. The second-order valence-electron chi connectivity index (χ2n) is 6.05. The predicted molar refractivity (Wildman–Crippen MR) is 107 cm³/mol. The molecule has 0 aliphatic rings. The first-order chi connectivity index (χ1) is 12.9. The molecule has 0 spiro atoms. The largest absolute Gasteiger partial charge is 0.439 e.